The highest BCUT2D eigenvalue weighted by atomic mass is 32.2. The van der Waals surface area contributed by atoms with E-state index in [1.807, 2.05) is 0 Å². The number of pyridine rings is 1. The summed E-state index contributed by atoms with van der Waals surface area (Å²) in [5, 5.41) is 2.49. The number of aromatic nitrogens is 1. The number of nitrogens with one attached hydrogen (secondary N) is 1. The van der Waals surface area contributed by atoms with Crippen LogP contribution in [0.15, 0.2) is 41.4 Å². The highest BCUT2D eigenvalue weighted by Gasteiger charge is 2.30. The van der Waals surface area contributed by atoms with E-state index < -0.39 is 34.6 Å². The predicted octanol–water partition coefficient (Wildman–Crippen LogP) is 2.69. The lowest BCUT2D eigenvalue weighted by molar-refractivity contribution is -0.154. The molecule has 1 aliphatic heterocycles. The Morgan fingerprint density at radius 3 is 2.61 bits per heavy atom. The molecule has 0 spiro atoms. The number of halogens is 3. The second-order valence-electron chi connectivity index (χ2n) is 6.82. The smallest absolute Gasteiger partial charge is 0.422 e. The van der Waals surface area contributed by atoms with Crippen molar-refractivity contribution < 1.29 is 40.6 Å². The first-order valence-electron chi connectivity index (χ1n) is 9.92. The van der Waals surface area contributed by atoms with Crippen molar-refractivity contribution in [1.82, 2.24) is 9.29 Å². The molecular weight excluding hydrogens is 467 g/mol. The number of alkyl halides is 3. The Labute approximate surface area is 188 Å². The summed E-state index contributed by atoms with van der Waals surface area (Å²) < 4.78 is 80.1. The average Bonchev–Trinajstić information content (AvgIpc) is 2.79. The molecular formula is C20H22F3N3O6S. The first kappa shape index (κ1) is 24.7. The molecule has 2 heterocycles. The van der Waals surface area contributed by atoms with E-state index in [1.54, 1.807) is 6.92 Å². The van der Waals surface area contributed by atoms with Gasteiger partial charge >= 0.3 is 6.18 Å². The molecule has 9 nitrogen and oxygen atoms in total. The number of hydrogen-bond acceptors (Lipinski definition) is 7. The minimum Gasteiger partial charge on any atom is -0.492 e. The number of anilines is 1. The highest BCUT2D eigenvalue weighted by molar-refractivity contribution is 7.89. The minimum atomic E-state index is -4.62. The zero-order chi connectivity index (χ0) is 24.1. The van der Waals surface area contributed by atoms with Crippen LogP contribution in [0.1, 0.15) is 17.3 Å². The van der Waals surface area contributed by atoms with Crippen molar-refractivity contribution in [2.24, 2.45) is 0 Å². The highest BCUT2D eigenvalue weighted by Crippen LogP contribution is 2.31. The molecule has 0 radical (unpaired) electrons. The number of rotatable bonds is 8. The van der Waals surface area contributed by atoms with Gasteiger partial charge in [0.1, 0.15) is 11.3 Å². The van der Waals surface area contributed by atoms with Crippen molar-refractivity contribution in [3.05, 3.63) is 42.1 Å². The van der Waals surface area contributed by atoms with Crippen molar-refractivity contribution in [2.75, 3.05) is 44.8 Å². The van der Waals surface area contributed by atoms with Crippen LogP contribution >= 0.6 is 0 Å². The third-order valence-corrected chi connectivity index (χ3v) is 6.39. The molecule has 180 valence electrons. The molecule has 1 fully saturated rings. The third kappa shape index (κ3) is 6.33. The molecule has 0 bridgehead atoms. The largest absolute Gasteiger partial charge is 0.492 e. The number of benzene rings is 1. The van der Waals surface area contributed by atoms with Crippen molar-refractivity contribution in [1.29, 1.82) is 0 Å². The lowest BCUT2D eigenvalue weighted by atomic mass is 10.2. The number of carbonyl (C=O) groups excluding carboxylic acids is 1. The molecule has 13 heteroatoms. The fourth-order valence-electron chi connectivity index (χ4n) is 3.00. The first-order valence-corrected chi connectivity index (χ1v) is 11.4. The molecule has 1 amide bonds. The molecule has 0 atom stereocenters. The standard InChI is InChI=1S/C20H22F3N3O6S/c1-2-31-17-6-5-14(33(28,29)26-8-10-30-11-9-26)12-16(17)25-18(27)15-4-3-7-24-19(15)32-13-20(21,22)23/h3-7,12H,2,8-11,13H2,1H3,(H,25,27). The quantitative estimate of drug-likeness (QED) is 0.608. The zero-order valence-electron chi connectivity index (χ0n) is 17.6. The predicted molar refractivity (Wildman–Crippen MR) is 111 cm³/mol. The second kappa shape index (κ2) is 10.4. The van der Waals surface area contributed by atoms with Crippen LogP contribution in [0.3, 0.4) is 0 Å². The fraction of sp³-hybridized carbons (Fsp3) is 0.400. The molecule has 1 aliphatic rings. The second-order valence-corrected chi connectivity index (χ2v) is 8.76. The van der Waals surface area contributed by atoms with Gasteiger partial charge in [0.25, 0.3) is 5.91 Å². The summed E-state index contributed by atoms with van der Waals surface area (Å²) in [5.41, 5.74) is -0.229. The topological polar surface area (TPSA) is 107 Å². The number of ether oxygens (including phenoxy) is 3. The van der Waals surface area contributed by atoms with Gasteiger partial charge in [-0.15, -0.1) is 0 Å². The number of carbonyl (C=O) groups is 1. The van der Waals surface area contributed by atoms with Crippen LogP contribution in [-0.2, 0) is 14.8 Å². The number of nitrogens with zero attached hydrogens (tertiary/aromatic N) is 2. The number of morpholine rings is 1. The van der Waals surface area contributed by atoms with Gasteiger partial charge in [0.05, 0.1) is 30.4 Å². The summed E-state index contributed by atoms with van der Waals surface area (Å²) in [6, 6.07) is 6.59. The van der Waals surface area contributed by atoms with E-state index in [0.29, 0.717) is 0 Å². The lowest BCUT2D eigenvalue weighted by Gasteiger charge is -2.26. The van der Waals surface area contributed by atoms with Gasteiger partial charge in [0.15, 0.2) is 6.61 Å². The van der Waals surface area contributed by atoms with E-state index in [1.165, 1.54) is 40.8 Å². The van der Waals surface area contributed by atoms with E-state index in [9.17, 15) is 26.4 Å². The summed E-state index contributed by atoms with van der Waals surface area (Å²) in [7, 11) is -3.87. The van der Waals surface area contributed by atoms with E-state index in [2.05, 4.69) is 15.0 Å². The monoisotopic (exact) mass is 489 g/mol. The molecule has 33 heavy (non-hydrogen) atoms. The van der Waals surface area contributed by atoms with Gasteiger partial charge < -0.3 is 19.5 Å². The van der Waals surface area contributed by atoms with Crippen LogP contribution in [0.4, 0.5) is 18.9 Å². The SMILES string of the molecule is CCOc1ccc(S(=O)(=O)N2CCOCC2)cc1NC(=O)c1cccnc1OCC(F)(F)F. The van der Waals surface area contributed by atoms with Crippen LogP contribution in [0, 0.1) is 0 Å². The minimum absolute atomic E-state index is 0.0295. The van der Waals surface area contributed by atoms with Gasteiger partial charge in [-0.3, -0.25) is 4.79 Å². The molecule has 0 saturated carbocycles. The average molecular weight is 489 g/mol. The Hall–Kier alpha value is -2.90. The zero-order valence-corrected chi connectivity index (χ0v) is 18.4. The van der Waals surface area contributed by atoms with Crippen LogP contribution in [0.2, 0.25) is 0 Å². The van der Waals surface area contributed by atoms with Crippen LogP contribution in [0.5, 0.6) is 11.6 Å². The van der Waals surface area contributed by atoms with Gasteiger partial charge in [-0.25, -0.2) is 13.4 Å². The Morgan fingerprint density at radius 2 is 1.94 bits per heavy atom. The molecule has 1 aromatic heterocycles. The van der Waals surface area contributed by atoms with Crippen molar-refractivity contribution in [2.45, 2.75) is 18.0 Å². The van der Waals surface area contributed by atoms with Crippen molar-refractivity contribution >= 4 is 21.6 Å². The van der Waals surface area contributed by atoms with Crippen molar-refractivity contribution in [3.8, 4) is 11.6 Å². The van der Waals surface area contributed by atoms with Gasteiger partial charge in [0.2, 0.25) is 15.9 Å². The normalized spacial score (nSPS) is 15.2. The Balaban J connectivity index is 1.89. The maximum Gasteiger partial charge on any atom is 0.422 e. The van der Waals surface area contributed by atoms with Crippen LogP contribution in [-0.4, -0.2) is 69.3 Å². The van der Waals surface area contributed by atoms with Crippen LogP contribution < -0.4 is 14.8 Å². The van der Waals surface area contributed by atoms with E-state index >= 15 is 0 Å². The van der Waals surface area contributed by atoms with E-state index in [-0.39, 0.29) is 54.8 Å². The summed E-state index contributed by atoms with van der Waals surface area (Å²) in [6.07, 6.45) is -3.43. The molecule has 3 rings (SSSR count). The Bertz CT molecular complexity index is 1090. The van der Waals surface area contributed by atoms with Gasteiger partial charge in [-0.05, 0) is 37.3 Å². The summed E-state index contributed by atoms with van der Waals surface area (Å²) in [4.78, 5) is 16.4. The molecule has 2 aromatic rings. The molecule has 0 unspecified atom stereocenters. The van der Waals surface area contributed by atoms with Crippen LogP contribution in [0.25, 0.3) is 0 Å². The molecule has 1 aromatic carbocycles. The lowest BCUT2D eigenvalue weighted by Crippen LogP contribution is -2.40. The van der Waals surface area contributed by atoms with E-state index in [4.69, 9.17) is 9.47 Å². The van der Waals surface area contributed by atoms with E-state index in [0.717, 1.165) is 0 Å². The number of hydrogen-bond donors (Lipinski definition) is 1. The maximum absolute atomic E-state index is 13.0. The van der Waals surface area contributed by atoms with Gasteiger partial charge in [-0.1, -0.05) is 0 Å². The fourth-order valence-corrected chi connectivity index (χ4v) is 4.44. The summed E-state index contributed by atoms with van der Waals surface area (Å²) in [5.74, 6) is -1.17. The van der Waals surface area contributed by atoms with Gasteiger partial charge in [0, 0.05) is 19.3 Å². The maximum atomic E-state index is 13.0. The van der Waals surface area contributed by atoms with Gasteiger partial charge in [-0.2, -0.15) is 17.5 Å². The Kier molecular flexibility index (Phi) is 7.76. The van der Waals surface area contributed by atoms with Crippen molar-refractivity contribution in [3.63, 3.8) is 0 Å². The first-order chi connectivity index (χ1) is 15.6. The third-order valence-electron chi connectivity index (χ3n) is 4.50. The summed E-state index contributed by atoms with van der Waals surface area (Å²) >= 11 is 0. The Morgan fingerprint density at radius 1 is 1.21 bits per heavy atom. The summed E-state index contributed by atoms with van der Waals surface area (Å²) in [6.45, 7) is 1.21. The molecule has 1 N–H and O–H groups in total. The molecule has 0 aliphatic carbocycles. The number of amides is 1. The molecule has 1 saturated heterocycles. The number of sulfonamides is 1.